The van der Waals surface area contributed by atoms with Crippen molar-refractivity contribution in [2.24, 2.45) is 0 Å². The number of aromatic nitrogens is 1. The first-order valence-electron chi connectivity index (χ1n) is 6.89. The van der Waals surface area contributed by atoms with Crippen LogP contribution in [0.2, 0.25) is 0 Å². The molecule has 1 nitrogen and oxygen atoms in total. The molecule has 0 saturated carbocycles. The summed E-state index contributed by atoms with van der Waals surface area (Å²) in [6.07, 6.45) is 0. The highest BCUT2D eigenvalue weighted by Crippen LogP contribution is 2.32. The summed E-state index contributed by atoms with van der Waals surface area (Å²) in [5, 5.41) is 2.59. The summed E-state index contributed by atoms with van der Waals surface area (Å²) in [6, 6.07) is 23.6. The number of aromatic amines is 1. The van der Waals surface area contributed by atoms with Gasteiger partial charge in [-0.1, -0.05) is 48.5 Å². The maximum absolute atomic E-state index is 3.50. The van der Waals surface area contributed by atoms with Crippen molar-refractivity contribution in [1.29, 1.82) is 0 Å². The number of H-pyrrole nitrogens is 1. The second kappa shape index (κ2) is 4.24. The molecule has 0 aliphatic carbocycles. The van der Waals surface area contributed by atoms with Gasteiger partial charge in [0.05, 0.1) is 0 Å². The highest BCUT2D eigenvalue weighted by atomic mass is 14.7. The summed E-state index contributed by atoms with van der Waals surface area (Å²) >= 11 is 0. The van der Waals surface area contributed by atoms with Crippen LogP contribution in [-0.2, 0) is 0 Å². The van der Waals surface area contributed by atoms with Crippen molar-refractivity contribution >= 4 is 21.8 Å². The molecule has 0 bridgehead atoms. The van der Waals surface area contributed by atoms with Crippen LogP contribution in [-0.4, -0.2) is 4.98 Å². The summed E-state index contributed by atoms with van der Waals surface area (Å²) in [5.74, 6) is 0. The highest BCUT2D eigenvalue weighted by Gasteiger charge is 2.08. The van der Waals surface area contributed by atoms with E-state index in [2.05, 4.69) is 78.6 Å². The molecule has 4 rings (SSSR count). The van der Waals surface area contributed by atoms with Crippen LogP contribution in [0.15, 0.2) is 66.7 Å². The molecule has 1 N–H and O–H groups in total. The quantitative estimate of drug-likeness (QED) is 0.476. The van der Waals surface area contributed by atoms with Crippen molar-refractivity contribution in [3.8, 4) is 11.1 Å². The number of hydrogen-bond acceptors (Lipinski definition) is 0. The molecule has 0 saturated heterocycles. The van der Waals surface area contributed by atoms with E-state index in [1.807, 2.05) is 0 Å². The predicted molar refractivity (Wildman–Crippen MR) is 86.0 cm³/mol. The van der Waals surface area contributed by atoms with Gasteiger partial charge in [-0.05, 0) is 41.8 Å². The molecule has 0 radical (unpaired) electrons. The first kappa shape index (κ1) is 11.3. The van der Waals surface area contributed by atoms with E-state index in [4.69, 9.17) is 0 Å². The molecule has 3 aromatic carbocycles. The molecular weight excluding hydrogens is 242 g/mol. The lowest BCUT2D eigenvalue weighted by Gasteiger charge is -2.06. The molecule has 0 atom stereocenters. The molecule has 0 fully saturated rings. The predicted octanol–water partition coefficient (Wildman–Crippen LogP) is 5.30. The van der Waals surface area contributed by atoms with Gasteiger partial charge < -0.3 is 4.98 Å². The van der Waals surface area contributed by atoms with E-state index >= 15 is 0 Å². The van der Waals surface area contributed by atoms with Crippen molar-refractivity contribution < 1.29 is 0 Å². The van der Waals surface area contributed by atoms with Crippen LogP contribution >= 0.6 is 0 Å². The molecule has 0 aliphatic rings. The molecule has 1 heteroatoms. The van der Waals surface area contributed by atoms with Crippen molar-refractivity contribution in [3.63, 3.8) is 0 Å². The van der Waals surface area contributed by atoms with Crippen molar-refractivity contribution in [1.82, 2.24) is 4.98 Å². The highest BCUT2D eigenvalue weighted by molar-refractivity contribution is 6.08. The Morgan fingerprint density at radius 3 is 2.30 bits per heavy atom. The summed E-state index contributed by atoms with van der Waals surface area (Å²) in [7, 11) is 0. The van der Waals surface area contributed by atoms with Gasteiger partial charge in [0.15, 0.2) is 0 Å². The van der Waals surface area contributed by atoms with E-state index in [-0.39, 0.29) is 0 Å². The SMILES string of the molecule is Cc1cc2[nH]c3ccccc3c2cc1-c1ccccc1. The molecule has 1 heterocycles. The third-order valence-electron chi connectivity index (χ3n) is 3.94. The minimum Gasteiger partial charge on any atom is -0.355 e. The molecule has 0 amide bonds. The van der Waals surface area contributed by atoms with E-state index in [0.29, 0.717) is 0 Å². The molecule has 1 aromatic heterocycles. The van der Waals surface area contributed by atoms with E-state index < -0.39 is 0 Å². The van der Waals surface area contributed by atoms with Crippen LogP contribution < -0.4 is 0 Å². The van der Waals surface area contributed by atoms with Crippen LogP contribution in [0.3, 0.4) is 0 Å². The van der Waals surface area contributed by atoms with E-state index in [9.17, 15) is 0 Å². The average Bonchev–Trinajstić information content (AvgIpc) is 2.84. The second-order valence-electron chi connectivity index (χ2n) is 5.25. The lowest BCUT2D eigenvalue weighted by molar-refractivity contribution is 1.46. The van der Waals surface area contributed by atoms with E-state index in [0.717, 1.165) is 0 Å². The minimum atomic E-state index is 1.20. The van der Waals surface area contributed by atoms with Crippen LogP contribution in [0.1, 0.15) is 5.56 Å². The van der Waals surface area contributed by atoms with Gasteiger partial charge in [-0.3, -0.25) is 0 Å². The van der Waals surface area contributed by atoms with Crippen molar-refractivity contribution in [3.05, 3.63) is 72.3 Å². The van der Waals surface area contributed by atoms with E-state index in [1.165, 1.54) is 38.5 Å². The largest absolute Gasteiger partial charge is 0.355 e. The summed E-state index contributed by atoms with van der Waals surface area (Å²) in [6.45, 7) is 2.17. The number of hydrogen-bond donors (Lipinski definition) is 1. The average molecular weight is 257 g/mol. The van der Waals surface area contributed by atoms with Crippen LogP contribution in [0.25, 0.3) is 32.9 Å². The monoisotopic (exact) mass is 257 g/mol. The Bertz CT molecular complexity index is 901. The van der Waals surface area contributed by atoms with Gasteiger partial charge in [-0.15, -0.1) is 0 Å². The zero-order chi connectivity index (χ0) is 13.5. The fourth-order valence-corrected chi connectivity index (χ4v) is 2.93. The van der Waals surface area contributed by atoms with Crippen LogP contribution in [0.5, 0.6) is 0 Å². The fraction of sp³-hybridized carbons (Fsp3) is 0.0526. The zero-order valence-corrected chi connectivity index (χ0v) is 11.4. The molecule has 0 aliphatic heterocycles. The Morgan fingerprint density at radius 1 is 0.700 bits per heavy atom. The molecule has 0 unspecified atom stereocenters. The molecule has 0 spiro atoms. The number of rotatable bonds is 1. The van der Waals surface area contributed by atoms with Crippen LogP contribution in [0.4, 0.5) is 0 Å². The first-order chi connectivity index (χ1) is 9.83. The third-order valence-corrected chi connectivity index (χ3v) is 3.94. The minimum absolute atomic E-state index is 1.20. The van der Waals surface area contributed by atoms with Gasteiger partial charge in [0.2, 0.25) is 0 Å². The standard InChI is InChI=1S/C19H15N/c1-13-11-19-17(15-9-5-6-10-18(15)20-19)12-16(13)14-7-3-2-4-8-14/h2-12,20H,1H3. The van der Waals surface area contributed by atoms with E-state index in [1.54, 1.807) is 0 Å². The van der Waals surface area contributed by atoms with Gasteiger partial charge in [0.25, 0.3) is 0 Å². The maximum Gasteiger partial charge on any atom is 0.0467 e. The third kappa shape index (κ3) is 1.64. The Hall–Kier alpha value is -2.54. The number of fused-ring (bicyclic) bond motifs is 3. The zero-order valence-electron chi connectivity index (χ0n) is 11.4. The summed E-state index contributed by atoms with van der Waals surface area (Å²) in [5.41, 5.74) is 6.30. The van der Waals surface area contributed by atoms with Crippen molar-refractivity contribution in [2.75, 3.05) is 0 Å². The normalized spacial score (nSPS) is 11.2. The topological polar surface area (TPSA) is 15.8 Å². The van der Waals surface area contributed by atoms with Gasteiger partial charge in [-0.2, -0.15) is 0 Å². The second-order valence-corrected chi connectivity index (χ2v) is 5.25. The molecule has 96 valence electrons. The Morgan fingerprint density at radius 2 is 1.45 bits per heavy atom. The Kier molecular flexibility index (Phi) is 2.40. The molecule has 4 aromatic rings. The van der Waals surface area contributed by atoms with Gasteiger partial charge >= 0.3 is 0 Å². The van der Waals surface area contributed by atoms with Gasteiger partial charge in [0, 0.05) is 21.8 Å². The van der Waals surface area contributed by atoms with Gasteiger partial charge in [0.1, 0.15) is 0 Å². The molecular formula is C19H15N. The molecule has 20 heavy (non-hydrogen) atoms. The Labute approximate surface area is 117 Å². The van der Waals surface area contributed by atoms with Gasteiger partial charge in [-0.25, -0.2) is 0 Å². The Balaban J connectivity index is 2.08. The lowest BCUT2D eigenvalue weighted by Crippen LogP contribution is -1.83. The number of para-hydroxylation sites is 1. The lowest BCUT2D eigenvalue weighted by atomic mass is 9.98. The van der Waals surface area contributed by atoms with Crippen LogP contribution in [0, 0.1) is 6.92 Å². The smallest absolute Gasteiger partial charge is 0.0467 e. The van der Waals surface area contributed by atoms with Crippen molar-refractivity contribution in [2.45, 2.75) is 6.92 Å². The summed E-state index contributed by atoms with van der Waals surface area (Å²) in [4.78, 5) is 3.50. The fourth-order valence-electron chi connectivity index (χ4n) is 2.93. The number of benzene rings is 3. The number of aryl methyl sites for hydroxylation is 1. The summed E-state index contributed by atoms with van der Waals surface area (Å²) < 4.78 is 0. The maximum atomic E-state index is 3.50. The number of nitrogens with one attached hydrogen (secondary N) is 1. The first-order valence-corrected chi connectivity index (χ1v) is 6.89.